The SMILES string of the molecule is Cn1nccc1CCC(C)(N)c1ccc(Cl)cc1. The lowest BCUT2D eigenvalue weighted by molar-refractivity contribution is 0.445. The minimum absolute atomic E-state index is 0.352. The smallest absolute Gasteiger partial charge is 0.0492 e. The summed E-state index contributed by atoms with van der Waals surface area (Å²) < 4.78 is 1.89. The van der Waals surface area contributed by atoms with E-state index in [9.17, 15) is 0 Å². The molecule has 18 heavy (non-hydrogen) atoms. The maximum atomic E-state index is 6.38. The first-order valence-corrected chi connectivity index (χ1v) is 6.39. The van der Waals surface area contributed by atoms with Crippen LogP contribution in [0, 0.1) is 0 Å². The standard InChI is InChI=1S/C14H18ClN3/c1-14(16,11-3-5-12(15)6-4-11)9-7-13-8-10-17-18(13)2/h3-6,8,10H,7,9,16H2,1-2H3. The lowest BCUT2D eigenvalue weighted by Gasteiger charge is -2.25. The molecular weight excluding hydrogens is 246 g/mol. The molecule has 3 nitrogen and oxygen atoms in total. The molecule has 1 aromatic heterocycles. The van der Waals surface area contributed by atoms with Crippen LogP contribution in [0.2, 0.25) is 5.02 Å². The zero-order valence-corrected chi connectivity index (χ0v) is 11.5. The largest absolute Gasteiger partial charge is 0.322 e. The first kappa shape index (κ1) is 13.1. The lowest BCUT2D eigenvalue weighted by Crippen LogP contribution is -2.33. The molecule has 1 atom stereocenters. The Kier molecular flexibility index (Phi) is 3.73. The van der Waals surface area contributed by atoms with Gasteiger partial charge in [0.25, 0.3) is 0 Å². The highest BCUT2D eigenvalue weighted by Crippen LogP contribution is 2.24. The van der Waals surface area contributed by atoms with Gasteiger partial charge in [-0.2, -0.15) is 5.10 Å². The predicted octanol–water partition coefficient (Wildman–Crippen LogP) is 2.88. The fraction of sp³-hybridized carbons (Fsp3) is 0.357. The number of rotatable bonds is 4. The Hall–Kier alpha value is -1.32. The van der Waals surface area contributed by atoms with Crippen LogP contribution >= 0.6 is 11.6 Å². The molecule has 0 saturated carbocycles. The van der Waals surface area contributed by atoms with Crippen molar-refractivity contribution in [2.24, 2.45) is 12.8 Å². The molecule has 0 aliphatic rings. The molecule has 1 heterocycles. The Morgan fingerprint density at radius 1 is 1.28 bits per heavy atom. The number of nitrogens with two attached hydrogens (primary N) is 1. The molecule has 2 rings (SSSR count). The van der Waals surface area contributed by atoms with Crippen molar-refractivity contribution in [2.45, 2.75) is 25.3 Å². The third kappa shape index (κ3) is 2.92. The molecule has 96 valence electrons. The van der Waals surface area contributed by atoms with Crippen molar-refractivity contribution >= 4 is 11.6 Å². The number of halogens is 1. The van der Waals surface area contributed by atoms with Gasteiger partial charge in [-0.25, -0.2) is 0 Å². The van der Waals surface area contributed by atoms with E-state index in [4.69, 9.17) is 17.3 Å². The predicted molar refractivity (Wildman–Crippen MR) is 74.5 cm³/mol. The average molecular weight is 264 g/mol. The van der Waals surface area contributed by atoms with Crippen LogP contribution < -0.4 is 5.73 Å². The second-order valence-corrected chi connectivity index (χ2v) is 5.31. The molecule has 1 unspecified atom stereocenters. The summed E-state index contributed by atoms with van der Waals surface area (Å²) in [5, 5.41) is 4.90. The van der Waals surface area contributed by atoms with Crippen molar-refractivity contribution < 1.29 is 0 Å². The molecule has 4 heteroatoms. The van der Waals surface area contributed by atoms with E-state index in [-0.39, 0.29) is 5.54 Å². The summed E-state index contributed by atoms with van der Waals surface area (Å²) in [6, 6.07) is 9.77. The van der Waals surface area contributed by atoms with Gasteiger partial charge in [-0.05, 0) is 43.5 Å². The summed E-state index contributed by atoms with van der Waals surface area (Å²) in [6.45, 7) is 2.05. The zero-order chi connectivity index (χ0) is 13.2. The molecule has 0 aliphatic heterocycles. The highest BCUT2D eigenvalue weighted by atomic mass is 35.5. The number of hydrogen-bond donors (Lipinski definition) is 1. The highest BCUT2D eigenvalue weighted by Gasteiger charge is 2.21. The van der Waals surface area contributed by atoms with Gasteiger partial charge in [0.2, 0.25) is 0 Å². The number of aromatic nitrogens is 2. The quantitative estimate of drug-likeness (QED) is 0.922. The number of aryl methyl sites for hydroxylation is 2. The van der Waals surface area contributed by atoms with Crippen molar-refractivity contribution in [3.63, 3.8) is 0 Å². The van der Waals surface area contributed by atoms with Crippen molar-refractivity contribution in [3.05, 3.63) is 52.8 Å². The van der Waals surface area contributed by atoms with Crippen molar-refractivity contribution in [1.29, 1.82) is 0 Å². The van der Waals surface area contributed by atoms with E-state index in [2.05, 4.69) is 5.10 Å². The second-order valence-electron chi connectivity index (χ2n) is 4.87. The van der Waals surface area contributed by atoms with Gasteiger partial charge in [0.15, 0.2) is 0 Å². The first-order valence-electron chi connectivity index (χ1n) is 6.01. The second kappa shape index (κ2) is 5.12. The summed E-state index contributed by atoms with van der Waals surface area (Å²) in [6.07, 6.45) is 3.59. The van der Waals surface area contributed by atoms with Crippen molar-refractivity contribution in [3.8, 4) is 0 Å². The van der Waals surface area contributed by atoms with Crippen LogP contribution in [0.25, 0.3) is 0 Å². The van der Waals surface area contributed by atoms with Crippen molar-refractivity contribution in [1.82, 2.24) is 9.78 Å². The number of nitrogens with zero attached hydrogens (tertiary/aromatic N) is 2. The van der Waals surface area contributed by atoms with Gasteiger partial charge in [0.1, 0.15) is 0 Å². The van der Waals surface area contributed by atoms with Gasteiger partial charge in [0.05, 0.1) is 0 Å². The van der Waals surface area contributed by atoms with Crippen LogP contribution in [-0.2, 0) is 19.0 Å². The van der Waals surface area contributed by atoms with Gasteiger partial charge < -0.3 is 5.73 Å². The molecule has 0 aliphatic carbocycles. The molecule has 2 aromatic rings. The van der Waals surface area contributed by atoms with E-state index in [1.165, 1.54) is 5.69 Å². The van der Waals surface area contributed by atoms with Crippen LogP contribution in [0.3, 0.4) is 0 Å². The van der Waals surface area contributed by atoms with Crippen LogP contribution in [0.15, 0.2) is 36.5 Å². The molecule has 2 N–H and O–H groups in total. The molecule has 0 radical (unpaired) electrons. The minimum atomic E-state index is -0.352. The molecule has 0 amide bonds. The molecular formula is C14H18ClN3. The van der Waals surface area contributed by atoms with Crippen LogP contribution in [0.1, 0.15) is 24.6 Å². The van der Waals surface area contributed by atoms with Crippen LogP contribution in [0.5, 0.6) is 0 Å². The molecule has 0 bridgehead atoms. The number of hydrogen-bond acceptors (Lipinski definition) is 2. The summed E-state index contributed by atoms with van der Waals surface area (Å²) in [4.78, 5) is 0. The molecule has 0 spiro atoms. The summed E-state index contributed by atoms with van der Waals surface area (Å²) >= 11 is 5.89. The Bertz CT molecular complexity index is 514. The van der Waals surface area contributed by atoms with Gasteiger partial charge in [-0.3, -0.25) is 4.68 Å². The first-order chi connectivity index (χ1) is 8.49. The molecule has 0 fully saturated rings. The van der Waals surface area contributed by atoms with Gasteiger partial charge in [-0.15, -0.1) is 0 Å². The summed E-state index contributed by atoms with van der Waals surface area (Å²) in [7, 11) is 1.95. The maximum Gasteiger partial charge on any atom is 0.0492 e. The highest BCUT2D eigenvalue weighted by molar-refractivity contribution is 6.30. The fourth-order valence-electron chi connectivity index (χ4n) is 2.01. The molecule has 0 saturated heterocycles. The Morgan fingerprint density at radius 2 is 1.94 bits per heavy atom. The van der Waals surface area contributed by atoms with E-state index < -0.39 is 0 Å². The van der Waals surface area contributed by atoms with Gasteiger partial charge in [0, 0.05) is 29.5 Å². The minimum Gasteiger partial charge on any atom is -0.322 e. The normalized spacial score (nSPS) is 14.4. The van der Waals surface area contributed by atoms with E-state index in [0.717, 1.165) is 23.4 Å². The summed E-state index contributed by atoms with van der Waals surface area (Å²) in [5.41, 5.74) is 8.33. The Labute approximate surface area is 113 Å². The Morgan fingerprint density at radius 3 is 2.50 bits per heavy atom. The maximum absolute atomic E-state index is 6.38. The topological polar surface area (TPSA) is 43.8 Å². The average Bonchev–Trinajstić information content (AvgIpc) is 2.73. The summed E-state index contributed by atoms with van der Waals surface area (Å²) in [5.74, 6) is 0. The zero-order valence-electron chi connectivity index (χ0n) is 10.7. The third-order valence-corrected chi connectivity index (χ3v) is 3.58. The fourth-order valence-corrected chi connectivity index (χ4v) is 2.14. The van der Waals surface area contributed by atoms with Gasteiger partial charge in [-0.1, -0.05) is 23.7 Å². The van der Waals surface area contributed by atoms with Gasteiger partial charge >= 0.3 is 0 Å². The van der Waals surface area contributed by atoms with E-state index in [1.807, 2.05) is 55.2 Å². The monoisotopic (exact) mass is 263 g/mol. The van der Waals surface area contributed by atoms with Crippen LogP contribution in [-0.4, -0.2) is 9.78 Å². The lowest BCUT2D eigenvalue weighted by atomic mass is 9.88. The van der Waals surface area contributed by atoms with E-state index in [1.54, 1.807) is 0 Å². The number of benzene rings is 1. The van der Waals surface area contributed by atoms with Crippen molar-refractivity contribution in [2.75, 3.05) is 0 Å². The third-order valence-electron chi connectivity index (χ3n) is 3.33. The van der Waals surface area contributed by atoms with E-state index >= 15 is 0 Å². The Balaban J connectivity index is 2.07. The van der Waals surface area contributed by atoms with E-state index in [0.29, 0.717) is 0 Å². The molecule has 1 aromatic carbocycles. The van der Waals surface area contributed by atoms with Crippen LogP contribution in [0.4, 0.5) is 0 Å².